The van der Waals surface area contributed by atoms with E-state index in [1.807, 2.05) is 108 Å². The van der Waals surface area contributed by atoms with Crippen LogP contribution in [0, 0.1) is 0 Å². The summed E-state index contributed by atoms with van der Waals surface area (Å²) in [6.45, 7) is 13.8. The topological polar surface area (TPSA) is 56.2 Å². The van der Waals surface area contributed by atoms with Crippen LogP contribution in [0.3, 0.4) is 0 Å². The van der Waals surface area contributed by atoms with Crippen molar-refractivity contribution in [3.05, 3.63) is 72.8 Å². The summed E-state index contributed by atoms with van der Waals surface area (Å²) >= 11 is 0. The number of nitrogens with zero attached hydrogens (tertiary/aromatic N) is 2. The summed E-state index contributed by atoms with van der Waals surface area (Å²) in [7, 11) is 0. The smallest absolute Gasteiger partial charge is 0.0718 e. The van der Waals surface area contributed by atoms with Crippen molar-refractivity contribution in [2.45, 2.75) is 65.5 Å². The zero-order chi connectivity index (χ0) is 25.6. The summed E-state index contributed by atoms with van der Waals surface area (Å²) in [5.41, 5.74) is 4.57. The molecule has 1 aliphatic heterocycles. The Morgan fingerprint density at radius 1 is 0.600 bits per heavy atom. The average molecular weight is 477 g/mol. The summed E-state index contributed by atoms with van der Waals surface area (Å²) in [5.74, 6) is 0. The van der Waals surface area contributed by atoms with Gasteiger partial charge in [0.15, 0.2) is 0 Å². The Morgan fingerprint density at radius 2 is 1.00 bits per heavy atom. The lowest BCUT2D eigenvalue weighted by atomic mass is 9.95. The van der Waals surface area contributed by atoms with E-state index in [2.05, 4.69) is 6.07 Å². The molecule has 3 aromatic rings. The van der Waals surface area contributed by atoms with Crippen molar-refractivity contribution in [3.8, 4) is 22.3 Å². The van der Waals surface area contributed by atoms with Crippen molar-refractivity contribution in [2.75, 3.05) is 23.3 Å². The second-order valence-corrected chi connectivity index (χ2v) is 10.9. The van der Waals surface area contributed by atoms with Gasteiger partial charge in [-0.1, -0.05) is 54.6 Å². The fourth-order valence-electron chi connectivity index (χ4n) is 3.89. The van der Waals surface area contributed by atoms with Gasteiger partial charge in [-0.3, -0.25) is 20.5 Å². The largest absolute Gasteiger partial charge is 0.381 e. The zero-order valence-electron chi connectivity index (χ0n) is 22.0. The van der Waals surface area contributed by atoms with Crippen LogP contribution >= 0.6 is 0 Å². The number of anilines is 2. The quantitative estimate of drug-likeness (QED) is 0.376. The first kappa shape index (κ1) is 26.7. The number of ether oxygens (including phenoxy) is 1. The fraction of sp³-hybridized carbons (Fsp3) is 0.400. The molecule has 0 spiro atoms. The third-order valence-corrected chi connectivity index (χ3v) is 5.85. The van der Waals surface area contributed by atoms with Crippen LogP contribution in [0.5, 0.6) is 0 Å². The summed E-state index contributed by atoms with van der Waals surface area (Å²) < 4.78 is 4.94. The van der Waals surface area contributed by atoms with Gasteiger partial charge in [-0.2, -0.15) is 0 Å². The van der Waals surface area contributed by atoms with E-state index < -0.39 is 11.1 Å². The highest BCUT2D eigenvalue weighted by molar-refractivity contribution is 5.85. The third kappa shape index (κ3) is 6.85. The highest BCUT2D eigenvalue weighted by Crippen LogP contribution is 2.38. The molecule has 0 amide bonds. The maximum atomic E-state index is 10.8. The summed E-state index contributed by atoms with van der Waals surface area (Å²) in [4.78, 5) is 0. The maximum absolute atomic E-state index is 10.8. The van der Waals surface area contributed by atoms with Crippen molar-refractivity contribution in [1.82, 2.24) is 0 Å². The lowest BCUT2D eigenvalue weighted by Crippen LogP contribution is -2.39. The van der Waals surface area contributed by atoms with Crippen LogP contribution in [-0.2, 0) is 4.74 Å². The van der Waals surface area contributed by atoms with E-state index in [9.17, 15) is 10.4 Å². The molecular formula is C30H40N2O3. The molecule has 188 valence electrons. The summed E-state index contributed by atoms with van der Waals surface area (Å²) in [5, 5.41) is 24.2. The maximum Gasteiger partial charge on any atom is 0.0718 e. The fourth-order valence-corrected chi connectivity index (χ4v) is 3.89. The summed E-state index contributed by atoms with van der Waals surface area (Å²) in [6, 6.07) is 23.9. The Bertz CT molecular complexity index is 1010. The molecule has 0 unspecified atom stereocenters. The van der Waals surface area contributed by atoms with E-state index >= 15 is 0 Å². The Hall–Kier alpha value is -2.86. The molecule has 1 aliphatic rings. The normalized spacial score (nSPS) is 13.7. The minimum atomic E-state index is -0.426. The van der Waals surface area contributed by atoms with E-state index in [0.29, 0.717) is 0 Å². The number of benzene rings is 3. The average Bonchev–Trinajstić information content (AvgIpc) is 3.42. The van der Waals surface area contributed by atoms with Gasteiger partial charge in [-0.15, -0.1) is 0 Å². The first-order chi connectivity index (χ1) is 16.5. The van der Waals surface area contributed by atoms with E-state index in [-0.39, 0.29) is 0 Å². The highest BCUT2D eigenvalue weighted by atomic mass is 16.5. The van der Waals surface area contributed by atoms with Gasteiger partial charge in [0, 0.05) is 24.3 Å². The molecule has 4 rings (SSSR count). The van der Waals surface area contributed by atoms with Crippen LogP contribution < -0.4 is 10.1 Å². The molecule has 1 fully saturated rings. The molecular weight excluding hydrogens is 436 g/mol. The Kier molecular flexibility index (Phi) is 8.60. The number of hydroxylamine groups is 2. The van der Waals surface area contributed by atoms with Crippen molar-refractivity contribution < 1.29 is 15.2 Å². The number of rotatable bonds is 4. The molecule has 5 heteroatoms. The van der Waals surface area contributed by atoms with Gasteiger partial charge in [0.05, 0.1) is 22.5 Å². The molecule has 0 aliphatic carbocycles. The van der Waals surface area contributed by atoms with Crippen LogP contribution in [-0.4, -0.2) is 34.7 Å². The van der Waals surface area contributed by atoms with Gasteiger partial charge < -0.3 is 4.74 Å². The van der Waals surface area contributed by atoms with Gasteiger partial charge in [0.25, 0.3) is 0 Å². The molecule has 35 heavy (non-hydrogen) atoms. The molecule has 2 N–H and O–H groups in total. The second-order valence-electron chi connectivity index (χ2n) is 10.9. The molecule has 0 bridgehead atoms. The van der Waals surface area contributed by atoms with Crippen LogP contribution in [0.25, 0.3) is 22.3 Å². The SMILES string of the molecule is C1CCOC1.CC(C)(C)N(O)c1ccccc1-c1cccc(-c2ccccc2N(O)C(C)(C)C)c1. The van der Waals surface area contributed by atoms with Crippen molar-refractivity contribution in [3.63, 3.8) is 0 Å². The van der Waals surface area contributed by atoms with Crippen LogP contribution in [0.4, 0.5) is 11.4 Å². The highest BCUT2D eigenvalue weighted by Gasteiger charge is 2.24. The standard InChI is InChI=1S/C26H32N2O2.C4H8O/c1-25(2,3)27(29)23-16-9-7-14-21(23)19-12-11-13-20(18-19)22-15-8-10-17-24(22)28(30)26(4,5)6;1-2-4-5-3-1/h7-18,29-30H,1-6H3;1-4H2. The van der Waals surface area contributed by atoms with E-state index in [4.69, 9.17) is 4.74 Å². The second kappa shape index (κ2) is 11.3. The zero-order valence-corrected chi connectivity index (χ0v) is 22.0. The Morgan fingerprint density at radius 3 is 1.34 bits per heavy atom. The Balaban J connectivity index is 0.000000607. The van der Waals surface area contributed by atoms with E-state index in [1.165, 1.54) is 23.0 Å². The summed E-state index contributed by atoms with van der Waals surface area (Å²) in [6.07, 6.45) is 2.56. The first-order valence-electron chi connectivity index (χ1n) is 12.3. The predicted molar refractivity (Wildman–Crippen MR) is 145 cm³/mol. The monoisotopic (exact) mass is 476 g/mol. The molecule has 0 radical (unpaired) electrons. The van der Waals surface area contributed by atoms with Gasteiger partial charge in [-0.05, 0) is 83.7 Å². The van der Waals surface area contributed by atoms with Crippen molar-refractivity contribution in [1.29, 1.82) is 0 Å². The predicted octanol–water partition coefficient (Wildman–Crippen LogP) is 7.81. The molecule has 1 saturated heterocycles. The minimum Gasteiger partial charge on any atom is -0.381 e. The van der Waals surface area contributed by atoms with Crippen molar-refractivity contribution >= 4 is 11.4 Å². The molecule has 3 aromatic carbocycles. The van der Waals surface area contributed by atoms with Gasteiger partial charge in [0.1, 0.15) is 0 Å². The van der Waals surface area contributed by atoms with E-state index in [0.717, 1.165) is 46.8 Å². The van der Waals surface area contributed by atoms with Crippen LogP contribution in [0.2, 0.25) is 0 Å². The molecule has 0 atom stereocenters. The van der Waals surface area contributed by atoms with Crippen LogP contribution in [0.15, 0.2) is 72.8 Å². The molecule has 1 heterocycles. The first-order valence-corrected chi connectivity index (χ1v) is 12.3. The number of para-hydroxylation sites is 2. The van der Waals surface area contributed by atoms with Gasteiger partial charge >= 0.3 is 0 Å². The lowest BCUT2D eigenvalue weighted by molar-refractivity contribution is 0.181. The van der Waals surface area contributed by atoms with Crippen LogP contribution in [0.1, 0.15) is 54.4 Å². The Labute approximate surface area is 210 Å². The molecule has 0 saturated carbocycles. The third-order valence-electron chi connectivity index (χ3n) is 5.85. The van der Waals surface area contributed by atoms with Crippen molar-refractivity contribution in [2.24, 2.45) is 0 Å². The van der Waals surface area contributed by atoms with E-state index in [1.54, 1.807) is 0 Å². The lowest BCUT2D eigenvalue weighted by Gasteiger charge is -2.33. The van der Waals surface area contributed by atoms with Gasteiger partial charge in [0.2, 0.25) is 0 Å². The van der Waals surface area contributed by atoms with Gasteiger partial charge in [-0.25, -0.2) is 0 Å². The number of hydrogen-bond donors (Lipinski definition) is 2. The molecule has 0 aromatic heterocycles. The minimum absolute atomic E-state index is 0.426. The molecule has 5 nitrogen and oxygen atoms in total. The number of hydrogen-bond acceptors (Lipinski definition) is 5.